The molecule has 1 aromatic heterocycles. The number of aryl methyl sites for hydroxylation is 1. The number of anilines is 1. The molecular weight excluding hydrogens is 418 g/mol. The molecule has 0 spiro atoms. The van der Waals surface area contributed by atoms with Crippen LogP contribution in [0.2, 0.25) is 5.02 Å². The molecule has 0 fully saturated rings. The lowest BCUT2D eigenvalue weighted by Crippen LogP contribution is -2.20. The Morgan fingerprint density at radius 2 is 2.03 bits per heavy atom. The molecule has 0 aliphatic rings. The van der Waals surface area contributed by atoms with E-state index in [1.165, 1.54) is 22.8 Å². The average molecular weight is 434 g/mol. The lowest BCUT2D eigenvalue weighted by atomic mass is 10.1. The van der Waals surface area contributed by atoms with Crippen LogP contribution in [0.5, 0.6) is 0 Å². The number of rotatable bonds is 8. The van der Waals surface area contributed by atoms with Crippen molar-refractivity contribution in [2.24, 2.45) is 0 Å². The summed E-state index contributed by atoms with van der Waals surface area (Å²) in [6.45, 7) is 0.417. The maximum absolute atomic E-state index is 12.2. The number of halogens is 1. The van der Waals surface area contributed by atoms with Gasteiger partial charge in [-0.15, -0.1) is 5.10 Å². The number of carbonyl (C=O) groups is 1. The fourth-order valence-corrected chi connectivity index (χ4v) is 3.47. The van der Waals surface area contributed by atoms with Crippen LogP contribution in [0.4, 0.5) is 11.4 Å². The van der Waals surface area contributed by atoms with Gasteiger partial charge in [0.15, 0.2) is 5.16 Å². The van der Waals surface area contributed by atoms with Crippen LogP contribution >= 0.6 is 23.4 Å². The summed E-state index contributed by atoms with van der Waals surface area (Å²) in [5.74, 6) is -0.475. The second-order valence-corrected chi connectivity index (χ2v) is 7.31. The number of thioether (sulfide) groups is 1. The molecule has 0 unspecified atom stereocenters. The van der Waals surface area contributed by atoms with E-state index in [0.29, 0.717) is 18.1 Å². The molecule has 1 amide bonds. The molecule has 2 N–H and O–H groups in total. The van der Waals surface area contributed by atoms with Crippen LogP contribution in [0.15, 0.2) is 58.5 Å². The lowest BCUT2D eigenvalue weighted by molar-refractivity contribution is -0.384. The van der Waals surface area contributed by atoms with E-state index < -0.39 is 10.8 Å². The third kappa shape index (κ3) is 5.46. The number of aromatic amines is 1. The van der Waals surface area contributed by atoms with Gasteiger partial charge >= 0.3 is 5.69 Å². The van der Waals surface area contributed by atoms with Crippen molar-refractivity contribution in [1.82, 2.24) is 14.8 Å². The molecule has 0 saturated heterocycles. The lowest BCUT2D eigenvalue weighted by Gasteiger charge is -2.08. The molecule has 2 aromatic carbocycles. The largest absolute Gasteiger partial charge is 0.343 e. The van der Waals surface area contributed by atoms with Gasteiger partial charge in [0, 0.05) is 18.7 Å². The van der Waals surface area contributed by atoms with Crippen LogP contribution in [0, 0.1) is 10.1 Å². The summed E-state index contributed by atoms with van der Waals surface area (Å²) in [4.78, 5) is 34.5. The highest BCUT2D eigenvalue weighted by atomic mass is 35.5. The molecule has 150 valence electrons. The molecule has 3 rings (SSSR count). The van der Waals surface area contributed by atoms with Crippen molar-refractivity contribution in [2.45, 2.75) is 18.1 Å². The SMILES string of the molecule is O=C(CSc1n[nH]c(=O)n1CCc1ccccc1)Nc1cc([N+](=O)[O-])ccc1Cl. The van der Waals surface area contributed by atoms with E-state index in [-0.39, 0.29) is 27.8 Å². The normalized spacial score (nSPS) is 10.7. The third-order valence-electron chi connectivity index (χ3n) is 3.96. The monoisotopic (exact) mass is 433 g/mol. The average Bonchev–Trinajstić information content (AvgIpc) is 3.06. The fourth-order valence-electron chi connectivity index (χ4n) is 2.54. The van der Waals surface area contributed by atoms with Crippen molar-refractivity contribution < 1.29 is 9.72 Å². The molecule has 0 aliphatic heterocycles. The van der Waals surface area contributed by atoms with Gasteiger partial charge in [0.25, 0.3) is 5.69 Å². The Bertz CT molecular complexity index is 1080. The summed E-state index contributed by atoms with van der Waals surface area (Å²) in [7, 11) is 0. The van der Waals surface area contributed by atoms with E-state index >= 15 is 0 Å². The van der Waals surface area contributed by atoms with E-state index in [1.807, 2.05) is 30.3 Å². The third-order valence-corrected chi connectivity index (χ3v) is 5.26. The van der Waals surface area contributed by atoms with Crippen LogP contribution in [-0.4, -0.2) is 31.3 Å². The number of nitro benzene ring substituents is 1. The highest BCUT2D eigenvalue weighted by molar-refractivity contribution is 7.99. The standard InChI is InChI=1S/C18H16ClN5O4S/c19-14-7-6-13(24(27)28)10-15(14)20-16(25)11-29-18-22-21-17(26)23(18)9-8-12-4-2-1-3-5-12/h1-7,10H,8-9,11H2,(H,20,25)(H,21,26). The molecule has 29 heavy (non-hydrogen) atoms. The molecule has 0 bridgehead atoms. The molecule has 0 atom stereocenters. The molecular formula is C18H16ClN5O4S. The molecule has 0 saturated carbocycles. The maximum atomic E-state index is 12.2. The van der Waals surface area contributed by atoms with Gasteiger partial charge in [-0.1, -0.05) is 53.7 Å². The summed E-state index contributed by atoms with van der Waals surface area (Å²) in [5.41, 5.74) is 0.689. The molecule has 1 heterocycles. The van der Waals surface area contributed by atoms with Crippen LogP contribution in [0.3, 0.4) is 0 Å². The maximum Gasteiger partial charge on any atom is 0.343 e. The van der Waals surface area contributed by atoms with Gasteiger partial charge in [-0.3, -0.25) is 19.5 Å². The van der Waals surface area contributed by atoms with Crippen LogP contribution in [0.1, 0.15) is 5.56 Å². The minimum atomic E-state index is -0.574. The number of non-ortho nitro benzene ring substituents is 1. The number of benzene rings is 2. The van der Waals surface area contributed by atoms with Crippen LogP contribution < -0.4 is 11.0 Å². The Kier molecular flexibility index (Phi) is 6.68. The number of hydrogen-bond donors (Lipinski definition) is 2. The second-order valence-electron chi connectivity index (χ2n) is 5.96. The molecule has 9 nitrogen and oxygen atoms in total. The van der Waals surface area contributed by atoms with Crippen molar-refractivity contribution in [3.05, 3.63) is 79.7 Å². The second kappa shape index (κ2) is 9.39. The number of aromatic nitrogens is 3. The first-order valence-electron chi connectivity index (χ1n) is 8.50. The predicted octanol–water partition coefficient (Wildman–Crippen LogP) is 3.11. The zero-order valence-electron chi connectivity index (χ0n) is 15.0. The van der Waals surface area contributed by atoms with E-state index in [4.69, 9.17) is 11.6 Å². The van der Waals surface area contributed by atoms with Gasteiger partial charge in [0.05, 0.1) is 21.4 Å². The highest BCUT2D eigenvalue weighted by Crippen LogP contribution is 2.27. The molecule has 11 heteroatoms. The van der Waals surface area contributed by atoms with Gasteiger partial charge in [-0.25, -0.2) is 9.89 Å². The van der Waals surface area contributed by atoms with E-state index in [9.17, 15) is 19.7 Å². The van der Waals surface area contributed by atoms with E-state index in [0.717, 1.165) is 17.3 Å². The van der Waals surface area contributed by atoms with Crippen molar-refractivity contribution in [3.8, 4) is 0 Å². The smallest absolute Gasteiger partial charge is 0.324 e. The van der Waals surface area contributed by atoms with Crippen molar-refractivity contribution in [2.75, 3.05) is 11.1 Å². The fraction of sp³-hybridized carbons (Fsp3) is 0.167. The Hall–Kier alpha value is -3.11. The van der Waals surface area contributed by atoms with Gasteiger partial charge in [0.1, 0.15) is 0 Å². The van der Waals surface area contributed by atoms with Crippen molar-refractivity contribution in [1.29, 1.82) is 0 Å². The van der Waals surface area contributed by atoms with Gasteiger partial charge < -0.3 is 5.32 Å². The first-order chi connectivity index (χ1) is 13.9. The molecule has 3 aromatic rings. The number of nitro groups is 1. The Balaban J connectivity index is 1.62. The summed E-state index contributed by atoms with van der Waals surface area (Å²) < 4.78 is 1.46. The number of H-pyrrole nitrogens is 1. The van der Waals surface area contributed by atoms with Gasteiger partial charge in [-0.05, 0) is 18.1 Å². The minimum Gasteiger partial charge on any atom is -0.324 e. The minimum absolute atomic E-state index is 0.0470. The summed E-state index contributed by atoms with van der Waals surface area (Å²) in [6.07, 6.45) is 0.642. The first-order valence-corrected chi connectivity index (χ1v) is 9.86. The van der Waals surface area contributed by atoms with Gasteiger partial charge in [-0.2, -0.15) is 0 Å². The summed E-state index contributed by atoms with van der Waals surface area (Å²) >= 11 is 7.06. The number of carbonyl (C=O) groups excluding carboxylic acids is 1. The van der Waals surface area contributed by atoms with Gasteiger partial charge in [0.2, 0.25) is 5.91 Å². The zero-order chi connectivity index (χ0) is 20.8. The Morgan fingerprint density at radius 3 is 2.76 bits per heavy atom. The van der Waals surface area contributed by atoms with Crippen molar-refractivity contribution in [3.63, 3.8) is 0 Å². The number of amides is 1. The Labute approximate surface area is 174 Å². The number of hydrogen-bond acceptors (Lipinski definition) is 6. The molecule has 0 aliphatic carbocycles. The zero-order valence-corrected chi connectivity index (χ0v) is 16.6. The van der Waals surface area contributed by atoms with E-state index in [2.05, 4.69) is 15.5 Å². The molecule has 0 radical (unpaired) electrons. The summed E-state index contributed by atoms with van der Waals surface area (Å²) in [5, 5.41) is 20.3. The first kappa shape index (κ1) is 20.6. The quantitative estimate of drug-likeness (QED) is 0.319. The topological polar surface area (TPSA) is 123 Å². The van der Waals surface area contributed by atoms with Crippen LogP contribution in [0.25, 0.3) is 0 Å². The predicted molar refractivity (Wildman–Crippen MR) is 110 cm³/mol. The Morgan fingerprint density at radius 1 is 1.28 bits per heavy atom. The number of nitrogens with one attached hydrogen (secondary N) is 2. The van der Waals surface area contributed by atoms with E-state index in [1.54, 1.807) is 0 Å². The highest BCUT2D eigenvalue weighted by Gasteiger charge is 2.15. The summed E-state index contributed by atoms with van der Waals surface area (Å²) in [6, 6.07) is 13.5. The van der Waals surface area contributed by atoms with Crippen LogP contribution in [-0.2, 0) is 17.8 Å². The van der Waals surface area contributed by atoms with Crippen molar-refractivity contribution >= 4 is 40.6 Å². The number of nitrogens with zero attached hydrogens (tertiary/aromatic N) is 3.